The van der Waals surface area contributed by atoms with E-state index >= 15 is 0 Å². The number of quaternary nitrogens is 1. The second-order valence-corrected chi connectivity index (χ2v) is 9.76. The molecule has 1 unspecified atom stereocenters. The van der Waals surface area contributed by atoms with Gasteiger partial charge in [-0.1, -0.05) is 65.2 Å². The Bertz CT molecular complexity index is 731. The van der Waals surface area contributed by atoms with Crippen molar-refractivity contribution >= 4 is 47.0 Å². The van der Waals surface area contributed by atoms with Crippen LogP contribution >= 0.6 is 47.0 Å². The predicted octanol–water partition coefficient (Wildman–Crippen LogP) is 2.22. The summed E-state index contributed by atoms with van der Waals surface area (Å²) in [5, 5.41) is 0. The van der Waals surface area contributed by atoms with E-state index in [9.17, 15) is 0 Å². The van der Waals surface area contributed by atoms with Crippen LogP contribution in [-0.2, 0) is 0 Å². The summed E-state index contributed by atoms with van der Waals surface area (Å²) < 4.78 is 2.84. The molecule has 0 aliphatic carbocycles. The Morgan fingerprint density at radius 2 is 1.27 bits per heavy atom. The highest BCUT2D eigenvalue weighted by molar-refractivity contribution is 8.30. The van der Waals surface area contributed by atoms with Gasteiger partial charge in [-0.25, -0.2) is 0 Å². The second-order valence-electron chi connectivity index (χ2n) is 5.04. The fourth-order valence-electron chi connectivity index (χ4n) is 2.22. The summed E-state index contributed by atoms with van der Waals surface area (Å²) in [6.07, 6.45) is 0. The van der Waals surface area contributed by atoms with Crippen LogP contribution in [0.3, 0.4) is 0 Å². The van der Waals surface area contributed by atoms with E-state index in [1.807, 2.05) is 47.0 Å². The minimum Gasteiger partial charge on any atom is -1.00 e. The highest BCUT2D eigenvalue weighted by atomic mass is 79.9. The summed E-state index contributed by atoms with van der Waals surface area (Å²) in [5.41, 5.74) is 5.44. The summed E-state index contributed by atoms with van der Waals surface area (Å²) in [7, 11) is 0. The minimum absolute atomic E-state index is 0. The molecule has 2 heterocycles. The number of thioether (sulfide) groups is 4. The molecule has 2 aliphatic heterocycles. The average Bonchev–Trinajstić information content (AvgIpc) is 3.09. The Kier molecular flexibility index (Phi) is 5.27. The Morgan fingerprint density at radius 3 is 1.82 bits per heavy atom. The molecule has 0 aromatic heterocycles. The van der Waals surface area contributed by atoms with Crippen LogP contribution in [0.5, 0.6) is 0 Å². The highest BCUT2D eigenvalue weighted by Gasteiger charge is 2.27. The molecule has 22 heavy (non-hydrogen) atoms. The average molecular weight is 428 g/mol. The van der Waals surface area contributed by atoms with Crippen molar-refractivity contribution in [2.45, 2.75) is 32.5 Å². The SMILES string of the molecule is CC([NH3+])c1ccc2c(c1)SC(=C1Sc3ccccc3S1)S2.[Br-]. The largest absolute Gasteiger partial charge is 1.00 e. The zero-order valence-electron chi connectivity index (χ0n) is 11.8. The van der Waals surface area contributed by atoms with Gasteiger partial charge in [0.1, 0.15) is 6.04 Å². The van der Waals surface area contributed by atoms with Gasteiger partial charge in [0.15, 0.2) is 0 Å². The first-order valence-electron chi connectivity index (χ1n) is 6.72. The van der Waals surface area contributed by atoms with E-state index in [-0.39, 0.29) is 17.0 Å². The molecule has 2 aliphatic rings. The number of rotatable bonds is 1. The first-order valence-corrected chi connectivity index (χ1v) is 9.99. The molecule has 2 aromatic carbocycles. The maximum absolute atomic E-state index is 4.12. The second kappa shape index (κ2) is 6.87. The molecule has 0 spiro atoms. The molecule has 1 atom stereocenters. The Morgan fingerprint density at radius 1 is 0.773 bits per heavy atom. The van der Waals surface area contributed by atoms with Crippen LogP contribution in [0.15, 0.2) is 70.5 Å². The van der Waals surface area contributed by atoms with Gasteiger partial charge in [-0.15, -0.1) is 0 Å². The smallest absolute Gasteiger partial charge is 0.107 e. The normalized spacial score (nSPS) is 17.0. The van der Waals surface area contributed by atoms with E-state index < -0.39 is 0 Å². The van der Waals surface area contributed by atoms with Crippen LogP contribution < -0.4 is 22.7 Å². The van der Waals surface area contributed by atoms with E-state index in [0.29, 0.717) is 6.04 Å². The molecule has 0 radical (unpaired) electrons. The molecule has 1 nitrogen and oxygen atoms in total. The molecule has 3 N–H and O–H groups in total. The van der Waals surface area contributed by atoms with Crippen LogP contribution in [-0.4, -0.2) is 0 Å². The molecule has 0 bridgehead atoms. The highest BCUT2D eigenvalue weighted by Crippen LogP contribution is 2.61. The van der Waals surface area contributed by atoms with Gasteiger partial charge in [0.2, 0.25) is 0 Å². The lowest BCUT2D eigenvalue weighted by molar-refractivity contribution is -0.420. The Labute approximate surface area is 158 Å². The van der Waals surface area contributed by atoms with E-state index in [1.165, 1.54) is 33.6 Å². The van der Waals surface area contributed by atoms with E-state index in [0.717, 1.165) is 0 Å². The third-order valence-electron chi connectivity index (χ3n) is 3.36. The van der Waals surface area contributed by atoms with Crippen LogP contribution in [0.1, 0.15) is 18.5 Å². The number of fused-ring (bicyclic) bond motifs is 2. The molecular formula is C16H14BrNS4. The van der Waals surface area contributed by atoms with Gasteiger partial charge in [-0.2, -0.15) is 0 Å². The van der Waals surface area contributed by atoms with Crippen molar-refractivity contribution in [1.29, 1.82) is 0 Å². The standard InChI is InChI=1S/C16H13NS4.BrH/c1-9(17)10-6-7-13-14(8-10)21-16(20-13)15-18-11-4-2-3-5-12(11)19-15;/h2-9H,17H2,1H3;1H. The lowest BCUT2D eigenvalue weighted by atomic mass is 10.1. The fraction of sp³-hybridized carbons (Fsp3) is 0.125. The van der Waals surface area contributed by atoms with Crippen molar-refractivity contribution in [1.82, 2.24) is 0 Å². The summed E-state index contributed by atoms with van der Waals surface area (Å²) >= 11 is 7.62. The van der Waals surface area contributed by atoms with Gasteiger partial charge in [0.05, 0.1) is 8.47 Å². The van der Waals surface area contributed by atoms with E-state index in [2.05, 4.69) is 55.1 Å². The number of halogens is 1. The van der Waals surface area contributed by atoms with Crippen molar-refractivity contribution in [2.24, 2.45) is 0 Å². The number of hydrogen-bond acceptors (Lipinski definition) is 4. The topological polar surface area (TPSA) is 27.6 Å². The quantitative estimate of drug-likeness (QED) is 0.754. The molecule has 6 heteroatoms. The lowest BCUT2D eigenvalue weighted by Gasteiger charge is -2.03. The first-order chi connectivity index (χ1) is 10.2. The van der Waals surface area contributed by atoms with Crippen molar-refractivity contribution in [3.05, 3.63) is 56.5 Å². The van der Waals surface area contributed by atoms with Crippen LogP contribution in [0.25, 0.3) is 0 Å². The Hall–Kier alpha value is 0.0200. The van der Waals surface area contributed by atoms with Crippen LogP contribution in [0, 0.1) is 0 Å². The van der Waals surface area contributed by atoms with Gasteiger partial charge in [0, 0.05) is 25.1 Å². The van der Waals surface area contributed by atoms with Crippen molar-refractivity contribution < 1.29 is 22.7 Å². The zero-order valence-corrected chi connectivity index (χ0v) is 16.7. The molecule has 0 amide bonds. The summed E-state index contributed by atoms with van der Waals surface area (Å²) in [6, 6.07) is 15.8. The van der Waals surface area contributed by atoms with E-state index in [4.69, 9.17) is 0 Å². The maximum Gasteiger partial charge on any atom is 0.107 e. The molecule has 0 fully saturated rings. The molecule has 0 saturated heterocycles. The van der Waals surface area contributed by atoms with Gasteiger partial charge >= 0.3 is 0 Å². The summed E-state index contributed by atoms with van der Waals surface area (Å²) in [5.74, 6) is 0. The maximum atomic E-state index is 4.12. The van der Waals surface area contributed by atoms with Gasteiger partial charge < -0.3 is 22.7 Å². The number of benzene rings is 2. The minimum atomic E-state index is 0. The van der Waals surface area contributed by atoms with Gasteiger partial charge in [-0.05, 0) is 31.2 Å². The van der Waals surface area contributed by atoms with Crippen LogP contribution in [0.4, 0.5) is 0 Å². The third-order valence-corrected chi connectivity index (χ3v) is 8.98. The van der Waals surface area contributed by atoms with Gasteiger partial charge in [0.25, 0.3) is 0 Å². The fourth-order valence-corrected chi connectivity index (χ4v) is 7.55. The molecule has 2 aromatic rings. The summed E-state index contributed by atoms with van der Waals surface area (Å²) in [4.78, 5) is 5.53. The lowest BCUT2D eigenvalue weighted by Crippen LogP contribution is -3.00. The molecule has 114 valence electrons. The summed E-state index contributed by atoms with van der Waals surface area (Å²) in [6.45, 7) is 2.15. The van der Waals surface area contributed by atoms with Gasteiger partial charge in [-0.3, -0.25) is 0 Å². The van der Waals surface area contributed by atoms with Crippen molar-refractivity contribution in [3.8, 4) is 0 Å². The molecular weight excluding hydrogens is 414 g/mol. The third kappa shape index (κ3) is 3.14. The molecule has 0 saturated carbocycles. The zero-order chi connectivity index (χ0) is 14.4. The van der Waals surface area contributed by atoms with E-state index in [1.54, 1.807) is 0 Å². The van der Waals surface area contributed by atoms with Crippen LogP contribution in [0.2, 0.25) is 0 Å². The Balaban J connectivity index is 0.00000144. The van der Waals surface area contributed by atoms with Crippen molar-refractivity contribution in [2.75, 3.05) is 0 Å². The van der Waals surface area contributed by atoms with Crippen molar-refractivity contribution in [3.63, 3.8) is 0 Å². The predicted molar refractivity (Wildman–Crippen MR) is 94.6 cm³/mol. The first kappa shape index (κ1) is 16.9. The molecule has 4 rings (SSSR count). The number of hydrogen-bond donors (Lipinski definition) is 1. The monoisotopic (exact) mass is 427 g/mol.